The van der Waals surface area contributed by atoms with Gasteiger partial charge in [0, 0.05) is 23.4 Å². The Kier molecular flexibility index (Phi) is 7.24. The molecule has 3 aromatic rings. The highest BCUT2D eigenvalue weighted by atomic mass is 19.3. The number of benzene rings is 1. The van der Waals surface area contributed by atoms with Crippen LogP contribution in [0.25, 0.3) is 22.3 Å². The van der Waals surface area contributed by atoms with E-state index in [1.165, 1.54) is 29.4 Å². The van der Waals surface area contributed by atoms with Gasteiger partial charge in [-0.3, -0.25) is 9.59 Å². The molecule has 2 fully saturated rings. The Hall–Kier alpha value is -3.67. The van der Waals surface area contributed by atoms with E-state index in [1.807, 2.05) is 0 Å². The molecule has 2 aromatic heterocycles. The minimum atomic E-state index is -2.69. The molecule has 0 spiro atoms. The van der Waals surface area contributed by atoms with E-state index in [-0.39, 0.29) is 36.2 Å². The number of carbonyl (C=O) groups is 2. The summed E-state index contributed by atoms with van der Waals surface area (Å²) in [6.07, 6.45) is -0.647. The molecular weight excluding hydrogens is 503 g/mol. The molecule has 38 heavy (non-hydrogen) atoms. The van der Waals surface area contributed by atoms with Crippen LogP contribution in [0, 0.1) is 12.8 Å². The molecular formula is C26H28F3N5O4. The van der Waals surface area contributed by atoms with Crippen molar-refractivity contribution in [3.05, 3.63) is 41.3 Å². The van der Waals surface area contributed by atoms with Crippen molar-refractivity contribution in [1.82, 2.24) is 25.2 Å². The number of ether oxygens (including phenoxy) is 1. The molecule has 1 saturated carbocycles. The van der Waals surface area contributed by atoms with Crippen LogP contribution in [0.5, 0.6) is 5.75 Å². The Morgan fingerprint density at radius 1 is 1.26 bits per heavy atom. The summed E-state index contributed by atoms with van der Waals surface area (Å²) in [5.41, 5.74) is 1.76. The van der Waals surface area contributed by atoms with E-state index < -0.39 is 37.1 Å². The Labute approximate surface area is 216 Å². The number of rotatable bonds is 8. The number of likely N-dealkylation sites (tertiary alicyclic amines) is 1. The maximum Gasteiger partial charge on any atom is 0.263 e. The van der Waals surface area contributed by atoms with Gasteiger partial charge >= 0.3 is 0 Å². The number of aliphatic hydroxyl groups excluding tert-OH is 1. The maximum atomic E-state index is 14.8. The van der Waals surface area contributed by atoms with E-state index in [0.717, 1.165) is 12.8 Å². The van der Waals surface area contributed by atoms with Crippen LogP contribution in [-0.4, -0.2) is 75.3 Å². The fourth-order valence-electron chi connectivity index (χ4n) is 4.72. The molecule has 202 valence electrons. The molecule has 2 amide bonds. The van der Waals surface area contributed by atoms with Gasteiger partial charge in [-0.05, 0) is 50.3 Å². The number of hydrogen-bond acceptors (Lipinski definition) is 6. The minimum absolute atomic E-state index is 0.183. The first-order valence-corrected chi connectivity index (χ1v) is 12.5. The topological polar surface area (TPSA) is 120 Å². The maximum absolute atomic E-state index is 14.8. The van der Waals surface area contributed by atoms with Gasteiger partial charge in [0.05, 0.1) is 30.3 Å². The predicted octanol–water partition coefficient (Wildman–Crippen LogP) is 3.32. The molecule has 9 nitrogen and oxygen atoms in total. The molecule has 1 aliphatic heterocycles. The van der Waals surface area contributed by atoms with E-state index in [2.05, 4.69) is 20.3 Å². The number of aromatic nitrogens is 3. The van der Waals surface area contributed by atoms with Gasteiger partial charge in [-0.1, -0.05) is 0 Å². The highest BCUT2D eigenvalue weighted by Gasteiger charge is 2.33. The number of amides is 2. The number of aromatic amines is 1. The number of nitrogens with zero attached hydrogens (tertiary/aromatic N) is 3. The second-order valence-corrected chi connectivity index (χ2v) is 9.76. The number of H-pyrrole nitrogens is 1. The Morgan fingerprint density at radius 2 is 2.05 bits per heavy atom. The summed E-state index contributed by atoms with van der Waals surface area (Å²) in [5, 5.41) is 11.7. The number of alkyl halides is 3. The Bertz CT molecular complexity index is 1360. The third-order valence-corrected chi connectivity index (χ3v) is 7.03. The summed E-state index contributed by atoms with van der Waals surface area (Å²) in [7, 11) is 0. The fourth-order valence-corrected chi connectivity index (χ4v) is 4.72. The zero-order chi connectivity index (χ0) is 27.0. The molecule has 12 heteroatoms. The number of aliphatic hydroxyl groups is 1. The third kappa shape index (κ3) is 5.17. The van der Waals surface area contributed by atoms with Crippen LogP contribution in [-0.2, 0) is 4.79 Å². The first kappa shape index (κ1) is 26.0. The van der Waals surface area contributed by atoms with Gasteiger partial charge in [0.1, 0.15) is 36.1 Å². The highest BCUT2D eigenvalue weighted by Crippen LogP contribution is 2.38. The standard InChI is InChI=1S/C26H28F3N5O4/c1-13-21(26(37)33-18-6-7-34(9-17(18)27)20(36)10-35)23-24(32-13)22(30-12-31-23)16-8-15(25(28)29)4-5-19(16)38-11-14-2-3-14/h4-5,8,12,14,17-18,25,32,35H,2-3,6-7,9-11H2,1H3,(H,33,37)/t17-,18-/m0/s1. The van der Waals surface area contributed by atoms with Gasteiger partial charge in [-0.15, -0.1) is 0 Å². The largest absolute Gasteiger partial charge is 0.493 e. The smallest absolute Gasteiger partial charge is 0.263 e. The number of fused-ring (bicyclic) bond motifs is 1. The quantitative estimate of drug-likeness (QED) is 0.410. The van der Waals surface area contributed by atoms with Crippen molar-refractivity contribution in [2.45, 2.75) is 44.8 Å². The van der Waals surface area contributed by atoms with Crippen LogP contribution in [0.3, 0.4) is 0 Å². The monoisotopic (exact) mass is 531 g/mol. The van der Waals surface area contributed by atoms with Crippen molar-refractivity contribution in [3.63, 3.8) is 0 Å². The summed E-state index contributed by atoms with van der Waals surface area (Å²) in [4.78, 5) is 37.9. The molecule has 0 unspecified atom stereocenters. The lowest BCUT2D eigenvalue weighted by atomic mass is 10.0. The lowest BCUT2D eigenvalue weighted by Gasteiger charge is -2.34. The Morgan fingerprint density at radius 3 is 2.74 bits per heavy atom. The molecule has 2 atom stereocenters. The van der Waals surface area contributed by atoms with E-state index in [9.17, 15) is 22.8 Å². The van der Waals surface area contributed by atoms with Crippen molar-refractivity contribution in [1.29, 1.82) is 0 Å². The normalized spacial score (nSPS) is 19.7. The number of carbonyl (C=O) groups excluding carboxylic acids is 2. The van der Waals surface area contributed by atoms with Crippen molar-refractivity contribution in [2.75, 3.05) is 26.3 Å². The number of hydrogen-bond donors (Lipinski definition) is 3. The zero-order valence-corrected chi connectivity index (χ0v) is 20.7. The molecule has 1 aliphatic carbocycles. The van der Waals surface area contributed by atoms with E-state index in [4.69, 9.17) is 9.84 Å². The van der Waals surface area contributed by atoms with Crippen LogP contribution in [0.15, 0.2) is 24.5 Å². The molecule has 3 N–H and O–H groups in total. The predicted molar refractivity (Wildman–Crippen MR) is 132 cm³/mol. The van der Waals surface area contributed by atoms with E-state index in [0.29, 0.717) is 40.7 Å². The fraction of sp³-hybridized carbons (Fsp3) is 0.462. The lowest BCUT2D eigenvalue weighted by Crippen LogP contribution is -2.54. The summed E-state index contributed by atoms with van der Waals surface area (Å²) in [6, 6.07) is 3.33. The third-order valence-electron chi connectivity index (χ3n) is 7.03. The lowest BCUT2D eigenvalue weighted by molar-refractivity contribution is -0.136. The first-order chi connectivity index (χ1) is 18.3. The molecule has 2 aliphatic rings. The Balaban J connectivity index is 1.45. The summed E-state index contributed by atoms with van der Waals surface area (Å²) in [6.45, 7) is 1.41. The molecule has 0 radical (unpaired) electrons. The number of piperidine rings is 1. The summed E-state index contributed by atoms with van der Waals surface area (Å²) in [5.74, 6) is -0.270. The van der Waals surface area contributed by atoms with Crippen molar-refractivity contribution in [3.8, 4) is 17.0 Å². The van der Waals surface area contributed by atoms with Gasteiger partial charge in [0.25, 0.3) is 12.3 Å². The van der Waals surface area contributed by atoms with E-state index >= 15 is 0 Å². The minimum Gasteiger partial charge on any atom is -0.493 e. The van der Waals surface area contributed by atoms with Crippen LogP contribution in [0.4, 0.5) is 13.2 Å². The average molecular weight is 532 g/mol. The SMILES string of the molecule is Cc1[nH]c2c(-c3cc(C(F)F)ccc3OCC3CC3)ncnc2c1C(=O)N[C@H]1CCN(C(=O)CO)C[C@@H]1F. The second kappa shape index (κ2) is 10.6. The number of aryl methyl sites for hydroxylation is 1. The van der Waals surface area contributed by atoms with Crippen molar-refractivity contribution in [2.24, 2.45) is 5.92 Å². The molecule has 1 aromatic carbocycles. The summed E-state index contributed by atoms with van der Waals surface area (Å²) < 4.78 is 47.8. The van der Waals surface area contributed by atoms with Gasteiger partial charge < -0.3 is 25.0 Å². The van der Waals surface area contributed by atoms with Crippen LogP contribution >= 0.6 is 0 Å². The zero-order valence-electron chi connectivity index (χ0n) is 20.7. The van der Waals surface area contributed by atoms with Gasteiger partial charge in [0.2, 0.25) is 5.91 Å². The van der Waals surface area contributed by atoms with Crippen molar-refractivity contribution < 1.29 is 32.6 Å². The van der Waals surface area contributed by atoms with Crippen molar-refractivity contribution >= 4 is 22.8 Å². The van der Waals surface area contributed by atoms with Gasteiger partial charge in [0.15, 0.2) is 0 Å². The number of halogens is 3. The molecule has 1 saturated heterocycles. The van der Waals surface area contributed by atoms with Crippen LogP contribution in [0.1, 0.15) is 47.3 Å². The first-order valence-electron chi connectivity index (χ1n) is 12.5. The molecule has 3 heterocycles. The van der Waals surface area contributed by atoms with Crippen LogP contribution < -0.4 is 10.1 Å². The second-order valence-electron chi connectivity index (χ2n) is 9.76. The van der Waals surface area contributed by atoms with Gasteiger partial charge in [-0.2, -0.15) is 0 Å². The average Bonchev–Trinajstić information content (AvgIpc) is 3.67. The highest BCUT2D eigenvalue weighted by molar-refractivity contribution is 6.09. The van der Waals surface area contributed by atoms with E-state index in [1.54, 1.807) is 6.92 Å². The van der Waals surface area contributed by atoms with Crippen LogP contribution in [0.2, 0.25) is 0 Å². The molecule has 5 rings (SSSR count). The summed E-state index contributed by atoms with van der Waals surface area (Å²) >= 11 is 0. The molecule has 0 bridgehead atoms. The number of nitrogens with one attached hydrogen (secondary N) is 2. The van der Waals surface area contributed by atoms with Gasteiger partial charge in [-0.25, -0.2) is 23.1 Å².